The summed E-state index contributed by atoms with van der Waals surface area (Å²) in [5.41, 5.74) is -1.61. The van der Waals surface area contributed by atoms with Crippen LogP contribution < -0.4 is 24.4 Å². The van der Waals surface area contributed by atoms with Gasteiger partial charge in [0.1, 0.15) is 11.5 Å². The van der Waals surface area contributed by atoms with Gasteiger partial charge in [0, 0.05) is 13.0 Å². The van der Waals surface area contributed by atoms with Gasteiger partial charge in [-0.2, -0.15) is 13.2 Å². The van der Waals surface area contributed by atoms with E-state index >= 15 is 0 Å². The Morgan fingerprint density at radius 1 is 1.03 bits per heavy atom. The highest BCUT2D eigenvalue weighted by molar-refractivity contribution is 7.82. The number of nitrogens with one attached hydrogen (secondary N) is 2. The number of carbonyl (C=O) groups is 2. The lowest BCUT2D eigenvalue weighted by atomic mass is 10.1. The third kappa shape index (κ3) is 5.42. The Morgan fingerprint density at radius 2 is 1.67 bits per heavy atom. The maximum Gasteiger partial charge on any atom is 0.418 e. The fraction of sp³-hybridized carbons (Fsp3) is 0.222. The topological polar surface area (TPSA) is 79.9 Å². The van der Waals surface area contributed by atoms with Gasteiger partial charge in [0.15, 0.2) is 0 Å². The van der Waals surface area contributed by atoms with Crippen LogP contribution in [0, 0.1) is 0 Å². The smallest absolute Gasteiger partial charge is 0.418 e. The second-order valence-corrected chi connectivity index (χ2v) is 6.65. The van der Waals surface area contributed by atoms with Crippen LogP contribution >= 0.6 is 24.4 Å². The average molecular weight is 464 g/mol. The third-order valence-corrected chi connectivity index (χ3v) is 4.48. The molecular formula is C18H17ClF3N3O4S. The van der Waals surface area contributed by atoms with Gasteiger partial charge in [0.05, 0.1) is 41.9 Å². The van der Waals surface area contributed by atoms with Crippen molar-refractivity contribution in [2.75, 3.05) is 29.2 Å². The number of hydrogen-bond acceptors (Lipinski definition) is 5. The SMILES string of the molecule is COc1cc(OC)c(NC(=O)N(S)c2ccc(NC(C)=O)c(C(F)(F)F)c2)cc1Cl. The predicted octanol–water partition coefficient (Wildman–Crippen LogP) is 5.22. The third-order valence-electron chi connectivity index (χ3n) is 3.77. The van der Waals surface area contributed by atoms with Crippen molar-refractivity contribution in [3.8, 4) is 11.5 Å². The quantitative estimate of drug-likeness (QED) is 0.531. The van der Waals surface area contributed by atoms with Crippen molar-refractivity contribution in [1.82, 2.24) is 0 Å². The average Bonchev–Trinajstić information content (AvgIpc) is 2.66. The zero-order valence-corrected chi connectivity index (χ0v) is 17.6. The van der Waals surface area contributed by atoms with Crippen molar-refractivity contribution in [2.24, 2.45) is 0 Å². The van der Waals surface area contributed by atoms with Crippen molar-refractivity contribution in [1.29, 1.82) is 0 Å². The molecule has 0 fully saturated rings. The Balaban J connectivity index is 2.34. The minimum absolute atomic E-state index is 0.151. The summed E-state index contributed by atoms with van der Waals surface area (Å²) in [5.74, 6) is -0.154. The highest BCUT2D eigenvalue weighted by atomic mass is 35.5. The van der Waals surface area contributed by atoms with Gasteiger partial charge in [-0.15, -0.1) is 0 Å². The number of thiol groups is 1. The molecule has 0 aromatic heterocycles. The molecule has 0 radical (unpaired) electrons. The van der Waals surface area contributed by atoms with E-state index < -0.39 is 29.4 Å². The molecule has 3 amide bonds. The van der Waals surface area contributed by atoms with Crippen LogP contribution in [0.3, 0.4) is 0 Å². The summed E-state index contributed by atoms with van der Waals surface area (Å²) in [6.45, 7) is 1.08. The zero-order valence-electron chi connectivity index (χ0n) is 15.9. The number of methoxy groups -OCH3 is 2. The molecule has 7 nitrogen and oxygen atoms in total. The number of urea groups is 1. The number of anilines is 3. The van der Waals surface area contributed by atoms with E-state index in [4.69, 9.17) is 21.1 Å². The van der Waals surface area contributed by atoms with Crippen LogP contribution in [0.15, 0.2) is 30.3 Å². The lowest BCUT2D eigenvalue weighted by molar-refractivity contribution is -0.136. The predicted molar refractivity (Wildman–Crippen MR) is 111 cm³/mol. The van der Waals surface area contributed by atoms with Gasteiger partial charge in [-0.05, 0) is 24.3 Å². The Labute approximate surface area is 180 Å². The zero-order chi connectivity index (χ0) is 22.6. The minimum Gasteiger partial charge on any atom is -0.495 e. The highest BCUT2D eigenvalue weighted by Gasteiger charge is 2.35. The van der Waals surface area contributed by atoms with Crippen LogP contribution in [0.2, 0.25) is 5.02 Å². The van der Waals surface area contributed by atoms with Crippen LogP contribution in [-0.4, -0.2) is 26.2 Å². The van der Waals surface area contributed by atoms with Gasteiger partial charge in [-0.1, -0.05) is 24.4 Å². The van der Waals surface area contributed by atoms with Gasteiger partial charge in [0.2, 0.25) is 5.91 Å². The molecule has 0 saturated heterocycles. The number of alkyl halides is 3. The molecule has 0 atom stereocenters. The van der Waals surface area contributed by atoms with Crippen molar-refractivity contribution in [2.45, 2.75) is 13.1 Å². The number of ether oxygens (including phenoxy) is 2. The lowest BCUT2D eigenvalue weighted by Crippen LogP contribution is -2.27. The summed E-state index contributed by atoms with van der Waals surface area (Å²) in [4.78, 5) is 23.7. The molecule has 2 aromatic rings. The summed E-state index contributed by atoms with van der Waals surface area (Å²) in [7, 11) is 2.75. The number of amides is 3. The van der Waals surface area contributed by atoms with E-state index in [9.17, 15) is 22.8 Å². The molecule has 0 heterocycles. The Morgan fingerprint density at radius 3 is 2.20 bits per heavy atom. The van der Waals surface area contributed by atoms with Crippen molar-refractivity contribution in [3.63, 3.8) is 0 Å². The molecule has 0 bridgehead atoms. The molecule has 2 rings (SSSR count). The maximum absolute atomic E-state index is 13.4. The van der Waals surface area contributed by atoms with Gasteiger partial charge in [-0.25, -0.2) is 9.10 Å². The second-order valence-electron chi connectivity index (χ2n) is 5.84. The Kier molecular flexibility index (Phi) is 7.32. The van der Waals surface area contributed by atoms with Gasteiger partial charge in [0.25, 0.3) is 0 Å². The molecule has 162 valence electrons. The summed E-state index contributed by atoms with van der Waals surface area (Å²) in [6, 6.07) is 4.84. The van der Waals surface area contributed by atoms with Gasteiger partial charge >= 0.3 is 12.2 Å². The molecule has 0 aliphatic carbocycles. The monoisotopic (exact) mass is 463 g/mol. The second kappa shape index (κ2) is 9.35. The van der Waals surface area contributed by atoms with E-state index in [1.165, 1.54) is 32.4 Å². The molecule has 2 N–H and O–H groups in total. The fourth-order valence-electron chi connectivity index (χ4n) is 2.44. The number of halogens is 4. The Hall–Kier alpha value is -2.79. The summed E-state index contributed by atoms with van der Waals surface area (Å²) < 4.78 is 51.0. The van der Waals surface area contributed by atoms with E-state index in [2.05, 4.69) is 23.4 Å². The van der Waals surface area contributed by atoms with Crippen molar-refractivity contribution < 1.29 is 32.2 Å². The molecule has 0 unspecified atom stereocenters. The lowest BCUT2D eigenvalue weighted by Gasteiger charge is -2.21. The standard InChI is InChI=1S/C18H17ClF3N3O4S/c1-9(26)23-13-5-4-10(6-11(13)18(20,21)22)25(30)17(27)24-14-7-12(19)15(28-2)8-16(14)29-3/h4-8,30H,1-3H3,(H,23,26)(H,24,27). The molecule has 0 aliphatic heterocycles. The number of benzene rings is 2. The highest BCUT2D eigenvalue weighted by Crippen LogP contribution is 2.39. The minimum atomic E-state index is -4.77. The number of carbonyl (C=O) groups excluding carboxylic acids is 2. The van der Waals surface area contributed by atoms with E-state index in [-0.39, 0.29) is 22.1 Å². The first-order valence-electron chi connectivity index (χ1n) is 8.18. The van der Waals surface area contributed by atoms with Gasteiger partial charge in [-0.3, -0.25) is 4.79 Å². The van der Waals surface area contributed by atoms with Crippen molar-refractivity contribution >= 4 is 53.4 Å². The summed E-state index contributed by atoms with van der Waals surface area (Å²) in [6.07, 6.45) is -4.77. The largest absolute Gasteiger partial charge is 0.495 e. The summed E-state index contributed by atoms with van der Waals surface area (Å²) in [5, 5.41) is 4.73. The first kappa shape index (κ1) is 23.5. The molecular weight excluding hydrogens is 447 g/mol. The maximum atomic E-state index is 13.4. The number of rotatable bonds is 5. The van der Waals surface area contributed by atoms with Crippen LogP contribution in [0.1, 0.15) is 12.5 Å². The number of nitrogens with zero attached hydrogens (tertiary/aromatic N) is 1. The normalized spacial score (nSPS) is 10.9. The molecule has 0 saturated carbocycles. The first-order valence-corrected chi connectivity index (χ1v) is 8.96. The fourth-order valence-corrected chi connectivity index (χ4v) is 2.86. The van der Waals surface area contributed by atoms with Gasteiger partial charge < -0.3 is 20.1 Å². The Bertz CT molecular complexity index is 972. The van der Waals surface area contributed by atoms with E-state index in [1.807, 2.05) is 0 Å². The molecule has 0 spiro atoms. The van der Waals surface area contributed by atoms with Crippen LogP contribution in [0.4, 0.5) is 35.0 Å². The van der Waals surface area contributed by atoms with E-state index in [0.29, 0.717) is 16.1 Å². The van der Waals surface area contributed by atoms with Crippen molar-refractivity contribution in [3.05, 3.63) is 40.9 Å². The molecule has 0 aliphatic rings. The van der Waals surface area contributed by atoms with E-state index in [1.54, 1.807) is 0 Å². The van der Waals surface area contributed by atoms with Crippen LogP contribution in [0.5, 0.6) is 11.5 Å². The van der Waals surface area contributed by atoms with Crippen LogP contribution in [0.25, 0.3) is 0 Å². The molecule has 2 aromatic carbocycles. The van der Waals surface area contributed by atoms with E-state index in [0.717, 1.165) is 13.0 Å². The molecule has 30 heavy (non-hydrogen) atoms. The number of hydrogen-bond donors (Lipinski definition) is 3. The first-order chi connectivity index (χ1) is 14.0. The summed E-state index contributed by atoms with van der Waals surface area (Å²) >= 11 is 10.0. The molecule has 12 heteroatoms. The van der Waals surface area contributed by atoms with Crippen LogP contribution in [-0.2, 0) is 11.0 Å².